The summed E-state index contributed by atoms with van der Waals surface area (Å²) >= 11 is 1.23. The molecule has 1 atom stereocenters. The summed E-state index contributed by atoms with van der Waals surface area (Å²) in [4.78, 5) is 20.6. The van der Waals surface area contributed by atoms with Gasteiger partial charge in [0.1, 0.15) is 5.69 Å². The highest BCUT2D eigenvalue weighted by molar-refractivity contribution is 7.13. The third-order valence-electron chi connectivity index (χ3n) is 3.99. The van der Waals surface area contributed by atoms with E-state index in [4.69, 9.17) is 10.5 Å². The number of carbonyl (C=O) groups excluding carboxylic acids is 1. The topological polar surface area (TPSA) is 110 Å². The predicted molar refractivity (Wildman–Crippen MR) is 86.3 cm³/mol. The van der Waals surface area contributed by atoms with E-state index in [2.05, 4.69) is 15.3 Å². The number of pyridine rings is 1. The predicted octanol–water partition coefficient (Wildman–Crippen LogP) is 1.37. The summed E-state index contributed by atoms with van der Waals surface area (Å²) in [5.74, 6) is 0.403. The molecule has 2 heterocycles. The first-order valence-corrected chi connectivity index (χ1v) is 8.14. The molecule has 23 heavy (non-hydrogen) atoms. The van der Waals surface area contributed by atoms with E-state index in [1.807, 2.05) is 6.07 Å². The highest BCUT2D eigenvalue weighted by Crippen LogP contribution is 2.38. The van der Waals surface area contributed by atoms with Crippen molar-refractivity contribution in [3.8, 4) is 5.88 Å². The molecule has 4 N–H and O–H groups in total. The van der Waals surface area contributed by atoms with Crippen molar-refractivity contribution in [2.45, 2.75) is 25.0 Å². The molecule has 2 aromatic rings. The normalized spacial score (nSPS) is 21.3. The first-order valence-electron chi connectivity index (χ1n) is 7.26. The number of hydrogen-bond acceptors (Lipinski definition) is 7. The molecule has 1 fully saturated rings. The molecule has 1 saturated carbocycles. The van der Waals surface area contributed by atoms with Crippen LogP contribution in [0.2, 0.25) is 0 Å². The van der Waals surface area contributed by atoms with E-state index >= 15 is 0 Å². The van der Waals surface area contributed by atoms with Crippen molar-refractivity contribution in [1.29, 1.82) is 0 Å². The van der Waals surface area contributed by atoms with Gasteiger partial charge in [-0.25, -0.2) is 9.97 Å². The van der Waals surface area contributed by atoms with Crippen LogP contribution in [0.15, 0.2) is 23.7 Å². The third kappa shape index (κ3) is 3.43. The van der Waals surface area contributed by atoms with Crippen molar-refractivity contribution >= 4 is 22.4 Å². The van der Waals surface area contributed by atoms with Crippen LogP contribution in [-0.2, 0) is 0 Å². The molecule has 0 radical (unpaired) electrons. The third-order valence-corrected chi connectivity index (χ3v) is 4.66. The van der Waals surface area contributed by atoms with E-state index in [9.17, 15) is 9.90 Å². The van der Waals surface area contributed by atoms with Gasteiger partial charge < -0.3 is 20.9 Å². The first kappa shape index (κ1) is 15.7. The molecule has 1 aliphatic rings. The lowest BCUT2D eigenvalue weighted by Gasteiger charge is -2.38. The lowest BCUT2D eigenvalue weighted by molar-refractivity contribution is 0.0234. The second-order valence-electron chi connectivity index (χ2n) is 5.54. The van der Waals surface area contributed by atoms with Crippen LogP contribution in [0.5, 0.6) is 5.88 Å². The summed E-state index contributed by atoms with van der Waals surface area (Å²) in [6.07, 6.45) is 2.68. The largest absolute Gasteiger partial charge is 0.481 e. The van der Waals surface area contributed by atoms with E-state index in [0.717, 1.165) is 5.56 Å². The van der Waals surface area contributed by atoms with E-state index in [1.165, 1.54) is 11.3 Å². The molecule has 0 aromatic carbocycles. The van der Waals surface area contributed by atoms with Crippen LogP contribution in [0.1, 0.15) is 34.9 Å². The SMILES string of the molecule is COc1ccc([C@@H](NC(=O)c2csc(N)n2)C2CC(O)C2)cn1. The fraction of sp³-hybridized carbons (Fsp3) is 0.400. The number of aliphatic hydroxyl groups is 1. The van der Waals surface area contributed by atoms with Crippen molar-refractivity contribution in [2.75, 3.05) is 12.8 Å². The molecule has 122 valence electrons. The van der Waals surface area contributed by atoms with Gasteiger partial charge in [-0.15, -0.1) is 11.3 Å². The highest BCUT2D eigenvalue weighted by Gasteiger charge is 2.36. The Bertz CT molecular complexity index is 682. The number of nitrogens with two attached hydrogens (primary N) is 1. The molecule has 1 amide bonds. The fourth-order valence-corrected chi connectivity index (χ4v) is 3.22. The van der Waals surface area contributed by atoms with Crippen LogP contribution >= 0.6 is 11.3 Å². The zero-order valence-corrected chi connectivity index (χ0v) is 13.4. The molecule has 0 saturated heterocycles. The second-order valence-corrected chi connectivity index (χ2v) is 6.43. The Morgan fingerprint density at radius 1 is 1.52 bits per heavy atom. The summed E-state index contributed by atoms with van der Waals surface area (Å²) in [7, 11) is 1.55. The van der Waals surface area contributed by atoms with E-state index < -0.39 is 0 Å². The minimum atomic E-state index is -0.305. The van der Waals surface area contributed by atoms with Gasteiger partial charge in [0.2, 0.25) is 5.88 Å². The lowest BCUT2D eigenvalue weighted by Crippen LogP contribution is -2.41. The summed E-state index contributed by atoms with van der Waals surface area (Å²) in [5.41, 5.74) is 6.75. The van der Waals surface area contributed by atoms with Crippen LogP contribution in [0.4, 0.5) is 5.13 Å². The number of hydrogen-bond donors (Lipinski definition) is 3. The maximum atomic E-state index is 12.4. The Kier molecular flexibility index (Phi) is 4.44. The van der Waals surface area contributed by atoms with Gasteiger partial charge in [-0.3, -0.25) is 4.79 Å². The van der Waals surface area contributed by atoms with Crippen molar-refractivity contribution in [1.82, 2.24) is 15.3 Å². The van der Waals surface area contributed by atoms with Crippen molar-refractivity contribution in [3.63, 3.8) is 0 Å². The van der Waals surface area contributed by atoms with Crippen molar-refractivity contribution < 1.29 is 14.6 Å². The van der Waals surface area contributed by atoms with Crippen LogP contribution in [0.3, 0.4) is 0 Å². The minimum absolute atomic E-state index is 0.167. The summed E-state index contributed by atoms with van der Waals surface area (Å²) in [6, 6.07) is 3.40. The molecule has 0 unspecified atom stereocenters. The number of ether oxygens (including phenoxy) is 1. The Morgan fingerprint density at radius 2 is 2.30 bits per heavy atom. The molecular formula is C15H18N4O3S. The van der Waals surface area contributed by atoms with Gasteiger partial charge in [-0.05, 0) is 24.3 Å². The van der Waals surface area contributed by atoms with Crippen LogP contribution in [-0.4, -0.2) is 34.2 Å². The Balaban J connectivity index is 1.79. The lowest BCUT2D eigenvalue weighted by atomic mass is 9.75. The van der Waals surface area contributed by atoms with E-state index in [-0.39, 0.29) is 24.0 Å². The Morgan fingerprint density at radius 3 is 2.83 bits per heavy atom. The zero-order valence-electron chi connectivity index (χ0n) is 12.6. The number of amides is 1. The quantitative estimate of drug-likeness (QED) is 0.762. The van der Waals surface area contributed by atoms with E-state index in [1.54, 1.807) is 24.8 Å². The maximum absolute atomic E-state index is 12.4. The van der Waals surface area contributed by atoms with Gasteiger partial charge in [0.15, 0.2) is 5.13 Å². The standard InChI is InChI=1S/C15H18N4O3S/c1-22-12-3-2-8(6-17-12)13(9-4-10(20)5-9)19-14(21)11-7-23-15(16)18-11/h2-3,6-7,9-10,13,20H,4-5H2,1H3,(H2,16,18)(H,19,21)/t9?,10?,13-/m1/s1. The van der Waals surface area contributed by atoms with Gasteiger partial charge in [0.05, 0.1) is 19.3 Å². The molecule has 0 spiro atoms. The smallest absolute Gasteiger partial charge is 0.271 e. The number of carbonyl (C=O) groups is 1. The van der Waals surface area contributed by atoms with Gasteiger partial charge >= 0.3 is 0 Å². The van der Waals surface area contributed by atoms with Crippen molar-refractivity contribution in [2.24, 2.45) is 5.92 Å². The van der Waals surface area contributed by atoms with Crippen LogP contribution in [0.25, 0.3) is 0 Å². The van der Waals surface area contributed by atoms with Gasteiger partial charge in [0.25, 0.3) is 5.91 Å². The summed E-state index contributed by atoms with van der Waals surface area (Å²) < 4.78 is 5.06. The average Bonchev–Trinajstić information content (AvgIpc) is 2.96. The number of nitrogens with one attached hydrogen (secondary N) is 1. The van der Waals surface area contributed by atoms with E-state index in [0.29, 0.717) is 29.5 Å². The second kappa shape index (κ2) is 6.51. The number of methoxy groups -OCH3 is 1. The molecule has 7 nitrogen and oxygen atoms in total. The average molecular weight is 334 g/mol. The number of thiazole rings is 1. The van der Waals surface area contributed by atoms with Gasteiger partial charge in [0, 0.05) is 17.6 Å². The minimum Gasteiger partial charge on any atom is -0.481 e. The van der Waals surface area contributed by atoms with Crippen LogP contribution in [0, 0.1) is 5.92 Å². The Labute approximate surface area is 137 Å². The molecule has 3 rings (SSSR count). The molecule has 8 heteroatoms. The molecular weight excluding hydrogens is 316 g/mol. The number of anilines is 1. The molecule has 0 bridgehead atoms. The number of rotatable bonds is 5. The van der Waals surface area contributed by atoms with Crippen molar-refractivity contribution in [3.05, 3.63) is 35.0 Å². The highest BCUT2D eigenvalue weighted by atomic mass is 32.1. The molecule has 2 aromatic heterocycles. The number of nitrogens with zero attached hydrogens (tertiary/aromatic N) is 2. The maximum Gasteiger partial charge on any atom is 0.271 e. The number of aromatic nitrogens is 2. The molecule has 1 aliphatic carbocycles. The monoisotopic (exact) mass is 334 g/mol. The van der Waals surface area contributed by atoms with Crippen LogP contribution < -0.4 is 15.8 Å². The zero-order chi connectivity index (χ0) is 16.4. The van der Waals surface area contributed by atoms with Gasteiger partial charge in [-0.2, -0.15) is 0 Å². The summed E-state index contributed by atoms with van der Waals surface area (Å²) in [5, 5.41) is 14.5. The number of nitrogen functional groups attached to an aromatic ring is 1. The van der Waals surface area contributed by atoms with Gasteiger partial charge in [-0.1, -0.05) is 6.07 Å². The molecule has 0 aliphatic heterocycles. The summed E-state index contributed by atoms with van der Waals surface area (Å²) in [6.45, 7) is 0. The Hall–Kier alpha value is -2.19. The number of aliphatic hydroxyl groups excluding tert-OH is 1. The fourth-order valence-electron chi connectivity index (χ4n) is 2.68. The first-order chi connectivity index (χ1) is 11.1.